The van der Waals surface area contributed by atoms with E-state index in [0.29, 0.717) is 16.1 Å². The largest absolute Gasteiger partial charge is 0.508 e. The molecule has 0 spiro atoms. The van der Waals surface area contributed by atoms with Gasteiger partial charge in [-0.15, -0.1) is 0 Å². The molecule has 174 valence electrons. The van der Waals surface area contributed by atoms with Crippen LogP contribution in [0.2, 0.25) is 5.02 Å². The number of aromatic hydroxyl groups is 1. The van der Waals surface area contributed by atoms with E-state index in [-0.39, 0.29) is 43.0 Å². The molecule has 2 aromatic rings. The third-order valence-electron chi connectivity index (χ3n) is 4.59. The van der Waals surface area contributed by atoms with Crippen LogP contribution in [0.25, 0.3) is 0 Å². The van der Waals surface area contributed by atoms with Crippen LogP contribution >= 0.6 is 11.6 Å². The molecule has 0 radical (unpaired) electrons. The Labute approximate surface area is 189 Å². The van der Waals surface area contributed by atoms with Crippen LogP contribution in [-0.4, -0.2) is 46.6 Å². The molecule has 0 aliphatic carbocycles. The lowest BCUT2D eigenvalue weighted by Crippen LogP contribution is -2.46. The molecule has 1 amide bonds. The number of amides is 1. The van der Waals surface area contributed by atoms with Crippen molar-refractivity contribution in [3.05, 3.63) is 58.4 Å². The lowest BCUT2D eigenvalue weighted by molar-refractivity contribution is -0.124. The van der Waals surface area contributed by atoms with E-state index in [4.69, 9.17) is 11.6 Å². The number of phenols is 1. The van der Waals surface area contributed by atoms with Crippen molar-refractivity contribution in [2.75, 3.05) is 13.1 Å². The van der Waals surface area contributed by atoms with Gasteiger partial charge in [0.2, 0.25) is 0 Å². The van der Waals surface area contributed by atoms with Crippen molar-refractivity contribution < 1.29 is 27.9 Å². The van der Waals surface area contributed by atoms with Gasteiger partial charge in [-0.2, -0.15) is 13.2 Å². The fourth-order valence-corrected chi connectivity index (χ4v) is 3.17. The van der Waals surface area contributed by atoms with Crippen LogP contribution in [0.4, 0.5) is 13.2 Å². The zero-order valence-electron chi connectivity index (χ0n) is 17.7. The van der Waals surface area contributed by atoms with Crippen LogP contribution < -0.4 is 10.6 Å². The van der Waals surface area contributed by atoms with Gasteiger partial charge < -0.3 is 15.7 Å². The fourth-order valence-electron chi connectivity index (χ4n) is 2.97. The van der Waals surface area contributed by atoms with Gasteiger partial charge in [-0.05, 0) is 62.7 Å². The fraction of sp³-hybridized carbons (Fsp3) is 0.409. The zero-order valence-corrected chi connectivity index (χ0v) is 18.5. The van der Waals surface area contributed by atoms with Crippen molar-refractivity contribution in [3.8, 4) is 5.75 Å². The lowest BCUT2D eigenvalue weighted by atomic mass is 9.99. The van der Waals surface area contributed by atoms with Crippen LogP contribution in [0.5, 0.6) is 5.75 Å². The van der Waals surface area contributed by atoms with E-state index < -0.39 is 24.2 Å². The molecule has 1 aromatic heterocycles. The first-order chi connectivity index (χ1) is 14.8. The first-order valence-electron chi connectivity index (χ1n) is 9.89. The number of nitrogens with one attached hydrogen (secondary N) is 2. The number of carbonyl (C=O) groups is 2. The molecule has 0 unspecified atom stereocenters. The smallest absolute Gasteiger partial charge is 0.401 e. The molecule has 10 heteroatoms. The van der Waals surface area contributed by atoms with E-state index in [1.807, 2.05) is 0 Å². The molecule has 0 aliphatic heterocycles. The average molecular weight is 472 g/mol. The van der Waals surface area contributed by atoms with Gasteiger partial charge in [-0.3, -0.25) is 14.6 Å². The number of hydrogen-bond acceptors (Lipinski definition) is 5. The van der Waals surface area contributed by atoms with Gasteiger partial charge in [0.15, 0.2) is 0 Å². The van der Waals surface area contributed by atoms with Gasteiger partial charge in [0.05, 0.1) is 6.54 Å². The Hall–Kier alpha value is -2.65. The summed E-state index contributed by atoms with van der Waals surface area (Å²) in [7, 11) is 0. The topological polar surface area (TPSA) is 91.3 Å². The maximum absolute atomic E-state index is 12.6. The van der Waals surface area contributed by atoms with E-state index in [1.165, 1.54) is 30.5 Å². The maximum Gasteiger partial charge on any atom is 0.401 e. The molecule has 0 atom stereocenters. The minimum atomic E-state index is -4.29. The molecule has 3 N–H and O–H groups in total. The molecule has 2 rings (SSSR count). The summed E-state index contributed by atoms with van der Waals surface area (Å²) in [6.07, 6.45) is -2.60. The number of alkyl halides is 3. The highest BCUT2D eigenvalue weighted by Crippen LogP contribution is 2.22. The number of carbonyl (C=O) groups excluding carboxylic acids is 2. The van der Waals surface area contributed by atoms with Crippen molar-refractivity contribution in [1.82, 2.24) is 15.6 Å². The lowest BCUT2D eigenvalue weighted by Gasteiger charge is -2.26. The highest BCUT2D eigenvalue weighted by atomic mass is 35.5. The summed E-state index contributed by atoms with van der Waals surface area (Å²) in [5, 5.41) is 15.3. The molecule has 1 heterocycles. The van der Waals surface area contributed by atoms with Crippen LogP contribution in [0.15, 0.2) is 36.5 Å². The number of nitrogens with zero attached hydrogens (tertiary/aromatic N) is 1. The molecule has 0 fully saturated rings. The molecular weight excluding hydrogens is 447 g/mol. The molecule has 0 saturated carbocycles. The van der Waals surface area contributed by atoms with Gasteiger partial charge in [0.1, 0.15) is 17.2 Å². The number of ketones is 1. The molecular formula is C22H25ClF3N3O3. The Bertz CT molecular complexity index is 965. The van der Waals surface area contributed by atoms with Crippen molar-refractivity contribution in [2.24, 2.45) is 0 Å². The van der Waals surface area contributed by atoms with E-state index in [1.54, 1.807) is 19.9 Å². The molecule has 6 nitrogen and oxygen atoms in total. The van der Waals surface area contributed by atoms with Crippen molar-refractivity contribution in [1.29, 1.82) is 0 Å². The van der Waals surface area contributed by atoms with Crippen molar-refractivity contribution in [2.45, 2.75) is 44.8 Å². The molecule has 0 aliphatic rings. The first-order valence-corrected chi connectivity index (χ1v) is 10.3. The second-order valence-electron chi connectivity index (χ2n) is 8.09. The third kappa shape index (κ3) is 8.84. The Morgan fingerprint density at radius 2 is 1.84 bits per heavy atom. The molecule has 1 aromatic carbocycles. The molecule has 0 bridgehead atoms. The van der Waals surface area contributed by atoms with Crippen LogP contribution in [0, 0.1) is 0 Å². The maximum atomic E-state index is 12.6. The van der Waals surface area contributed by atoms with Gasteiger partial charge in [-0.1, -0.05) is 11.6 Å². The SMILES string of the molecule is CC(C)(CCNCC(F)(F)F)NC(=O)c1cc(CC(=O)Cc2cc(Cl)ccc2O)ccn1. The van der Waals surface area contributed by atoms with Gasteiger partial charge >= 0.3 is 6.18 Å². The van der Waals surface area contributed by atoms with Crippen molar-refractivity contribution in [3.63, 3.8) is 0 Å². The normalized spacial score (nSPS) is 11.9. The Balaban J connectivity index is 1.94. The minimum Gasteiger partial charge on any atom is -0.508 e. The van der Waals surface area contributed by atoms with Gasteiger partial charge in [0.25, 0.3) is 5.91 Å². The number of aromatic nitrogens is 1. The number of Topliss-reactive ketones (excluding diaryl/α,β-unsaturated/α-hetero) is 1. The van der Waals surface area contributed by atoms with Crippen molar-refractivity contribution >= 4 is 23.3 Å². The predicted molar refractivity (Wildman–Crippen MR) is 115 cm³/mol. The Morgan fingerprint density at radius 1 is 1.12 bits per heavy atom. The summed E-state index contributed by atoms with van der Waals surface area (Å²) in [4.78, 5) is 29.0. The van der Waals surface area contributed by atoms with Crippen LogP contribution in [0.3, 0.4) is 0 Å². The number of halogens is 4. The van der Waals surface area contributed by atoms with E-state index in [0.717, 1.165) is 0 Å². The number of benzene rings is 1. The van der Waals surface area contributed by atoms with E-state index in [9.17, 15) is 27.9 Å². The summed E-state index contributed by atoms with van der Waals surface area (Å²) in [6.45, 7) is 2.38. The monoisotopic (exact) mass is 471 g/mol. The summed E-state index contributed by atoms with van der Waals surface area (Å²) in [5.41, 5.74) is 0.307. The first kappa shape index (κ1) is 25.6. The molecule has 32 heavy (non-hydrogen) atoms. The van der Waals surface area contributed by atoms with Gasteiger partial charge in [-0.25, -0.2) is 0 Å². The highest BCUT2D eigenvalue weighted by Gasteiger charge is 2.27. The second-order valence-corrected chi connectivity index (χ2v) is 8.53. The number of pyridine rings is 1. The standard InChI is InChI=1S/C22H25ClF3N3O3/c1-21(2,6-8-27-13-22(24,25)26)29-20(32)18-10-14(5-7-28-18)9-17(30)12-15-11-16(23)3-4-19(15)31/h3-5,7,10-11,27,31H,6,8-9,12-13H2,1-2H3,(H,29,32). The predicted octanol–water partition coefficient (Wildman–Crippen LogP) is 3.85. The number of hydrogen-bond donors (Lipinski definition) is 3. The zero-order chi connectivity index (χ0) is 23.9. The average Bonchev–Trinajstić information content (AvgIpc) is 2.67. The highest BCUT2D eigenvalue weighted by molar-refractivity contribution is 6.30. The van der Waals surface area contributed by atoms with Crippen LogP contribution in [0.1, 0.15) is 41.9 Å². The summed E-state index contributed by atoms with van der Waals surface area (Å²) >= 11 is 5.90. The Morgan fingerprint density at radius 3 is 2.53 bits per heavy atom. The second kappa shape index (κ2) is 10.8. The third-order valence-corrected chi connectivity index (χ3v) is 4.83. The summed E-state index contributed by atoms with van der Waals surface area (Å²) in [6, 6.07) is 7.56. The number of rotatable bonds is 10. The quantitative estimate of drug-likeness (QED) is 0.458. The summed E-state index contributed by atoms with van der Waals surface area (Å²) < 4.78 is 36.6. The Kier molecular flexibility index (Phi) is 8.63. The number of phenolic OH excluding ortho intramolecular Hbond substituents is 1. The van der Waals surface area contributed by atoms with E-state index >= 15 is 0 Å². The molecule has 0 saturated heterocycles. The van der Waals surface area contributed by atoms with Gasteiger partial charge in [0, 0.05) is 35.2 Å². The summed E-state index contributed by atoms with van der Waals surface area (Å²) in [5.74, 6) is -0.701. The van der Waals surface area contributed by atoms with Crippen LogP contribution in [-0.2, 0) is 17.6 Å². The minimum absolute atomic E-state index is 0.0196. The van der Waals surface area contributed by atoms with E-state index in [2.05, 4.69) is 15.6 Å².